The molecule has 1 saturated heterocycles. The minimum Gasteiger partial charge on any atom is -0.464 e. The molecule has 10 nitrogen and oxygen atoms in total. The van der Waals surface area contributed by atoms with Gasteiger partial charge in [0.05, 0.1) is 25.7 Å². The van der Waals surface area contributed by atoms with Crippen LogP contribution in [0, 0.1) is 11.8 Å². The highest BCUT2D eigenvalue weighted by molar-refractivity contribution is 5.96. The van der Waals surface area contributed by atoms with Gasteiger partial charge >= 0.3 is 11.9 Å². The van der Waals surface area contributed by atoms with E-state index in [0.29, 0.717) is 32.5 Å². The second-order valence-electron chi connectivity index (χ2n) is 10.5. The number of esters is 2. The van der Waals surface area contributed by atoms with Crippen LogP contribution in [0.4, 0.5) is 0 Å². The van der Waals surface area contributed by atoms with Crippen LogP contribution >= 0.6 is 0 Å². The molecule has 2 aliphatic heterocycles. The Hall–Kier alpha value is -2.46. The lowest BCUT2D eigenvalue weighted by atomic mass is 9.97. The molecule has 0 bridgehead atoms. The van der Waals surface area contributed by atoms with Crippen molar-refractivity contribution < 1.29 is 38.5 Å². The molecule has 1 saturated carbocycles. The molecule has 0 aromatic rings. The second kappa shape index (κ2) is 11.1. The lowest BCUT2D eigenvalue weighted by molar-refractivity contribution is -0.159. The number of amides is 2. The molecule has 0 aromatic carbocycles. The van der Waals surface area contributed by atoms with Crippen LogP contribution in [0.15, 0.2) is 12.2 Å². The van der Waals surface area contributed by atoms with E-state index in [-0.39, 0.29) is 31.9 Å². The highest BCUT2D eigenvalue weighted by atomic mass is 16.6. The average molecular weight is 495 g/mol. The molecule has 0 radical (unpaired) electrons. The minimum atomic E-state index is -1.19. The van der Waals surface area contributed by atoms with Gasteiger partial charge in [-0.05, 0) is 47.0 Å². The van der Waals surface area contributed by atoms with Gasteiger partial charge in [-0.3, -0.25) is 14.4 Å². The summed E-state index contributed by atoms with van der Waals surface area (Å²) in [4.78, 5) is 53.5. The van der Waals surface area contributed by atoms with Crippen molar-refractivity contribution in [2.45, 2.75) is 83.1 Å². The number of nitrogens with one attached hydrogen (secondary N) is 1. The number of rotatable bonds is 4. The van der Waals surface area contributed by atoms with Crippen molar-refractivity contribution in [3.63, 3.8) is 0 Å². The molecule has 35 heavy (non-hydrogen) atoms. The SMILES string of the molecule is CCOC(=O)[C@@]12C[C@H]1/C=C\COCCC[C@H](CC(=O)OC(C)(C)C)C(=O)N1C[C@H](O)C[C@H]1C(=O)N2. The molecule has 2 fully saturated rings. The maximum atomic E-state index is 13.5. The van der Waals surface area contributed by atoms with E-state index in [4.69, 9.17) is 14.2 Å². The van der Waals surface area contributed by atoms with Gasteiger partial charge in [-0.1, -0.05) is 12.2 Å². The van der Waals surface area contributed by atoms with Crippen molar-refractivity contribution >= 4 is 23.8 Å². The lowest BCUT2D eigenvalue weighted by Crippen LogP contribution is -2.54. The van der Waals surface area contributed by atoms with Crippen molar-refractivity contribution in [2.75, 3.05) is 26.4 Å². The molecule has 2 heterocycles. The Bertz CT molecular complexity index is 851. The van der Waals surface area contributed by atoms with Crippen molar-refractivity contribution in [2.24, 2.45) is 11.8 Å². The van der Waals surface area contributed by atoms with E-state index >= 15 is 0 Å². The third-order valence-corrected chi connectivity index (χ3v) is 6.47. The smallest absolute Gasteiger partial charge is 0.332 e. The van der Waals surface area contributed by atoms with Crippen LogP contribution in [0.1, 0.15) is 59.8 Å². The molecule has 196 valence electrons. The summed E-state index contributed by atoms with van der Waals surface area (Å²) < 4.78 is 16.3. The molecule has 3 rings (SSSR count). The maximum absolute atomic E-state index is 13.5. The standard InChI is InChI=1S/C25H38N2O8/c1-5-34-23(32)25-14-17(25)9-7-11-33-10-6-8-16(12-20(29)35-24(2,3)4)22(31)27-15-18(28)13-19(27)21(30)26-25/h7,9,16-19,28H,5-6,8,10-15H2,1-4H3,(H,26,30)/b9-7-/t16-,17-,18-,19+,25-/m1/s1. The fourth-order valence-corrected chi connectivity index (χ4v) is 4.75. The van der Waals surface area contributed by atoms with Crippen molar-refractivity contribution in [3.05, 3.63) is 12.2 Å². The fourth-order valence-electron chi connectivity index (χ4n) is 4.75. The first-order valence-corrected chi connectivity index (χ1v) is 12.4. The zero-order chi connectivity index (χ0) is 25.8. The van der Waals surface area contributed by atoms with E-state index in [2.05, 4.69) is 5.32 Å². The number of aliphatic hydroxyl groups excluding tert-OH is 1. The van der Waals surface area contributed by atoms with E-state index < -0.39 is 53.0 Å². The molecule has 10 heteroatoms. The third kappa shape index (κ3) is 6.82. The summed E-state index contributed by atoms with van der Waals surface area (Å²) in [7, 11) is 0. The Morgan fingerprint density at radius 1 is 1.31 bits per heavy atom. The monoisotopic (exact) mass is 494 g/mol. The topological polar surface area (TPSA) is 131 Å². The van der Waals surface area contributed by atoms with Gasteiger partial charge in [0, 0.05) is 31.4 Å². The first-order chi connectivity index (χ1) is 16.5. The number of ether oxygens (including phenoxy) is 3. The molecule has 2 N–H and O–H groups in total. The molecule has 1 aliphatic carbocycles. The molecular formula is C25H38N2O8. The van der Waals surface area contributed by atoms with Crippen LogP contribution in [0.25, 0.3) is 0 Å². The predicted molar refractivity (Wildman–Crippen MR) is 125 cm³/mol. The largest absolute Gasteiger partial charge is 0.464 e. The van der Waals surface area contributed by atoms with Gasteiger partial charge < -0.3 is 29.5 Å². The van der Waals surface area contributed by atoms with Crippen LogP contribution < -0.4 is 5.32 Å². The van der Waals surface area contributed by atoms with Gasteiger partial charge in [0.15, 0.2) is 0 Å². The number of hydrogen-bond acceptors (Lipinski definition) is 8. The Balaban J connectivity index is 1.84. The number of fused-ring (bicyclic) bond motifs is 2. The highest BCUT2D eigenvalue weighted by Crippen LogP contribution is 2.46. The van der Waals surface area contributed by atoms with E-state index in [1.807, 2.05) is 12.2 Å². The van der Waals surface area contributed by atoms with Gasteiger partial charge in [0.1, 0.15) is 17.2 Å². The first-order valence-electron chi connectivity index (χ1n) is 12.4. The number of carbonyl (C=O) groups excluding carboxylic acids is 4. The average Bonchev–Trinajstić information content (AvgIpc) is 3.30. The summed E-state index contributed by atoms with van der Waals surface area (Å²) in [6.45, 7) is 7.84. The number of aliphatic hydroxyl groups is 1. The molecule has 0 spiro atoms. The fraction of sp³-hybridized carbons (Fsp3) is 0.760. The minimum absolute atomic E-state index is 0.0199. The van der Waals surface area contributed by atoms with E-state index in [1.54, 1.807) is 27.7 Å². The van der Waals surface area contributed by atoms with Gasteiger partial charge in [-0.2, -0.15) is 0 Å². The molecular weight excluding hydrogens is 456 g/mol. The van der Waals surface area contributed by atoms with Crippen LogP contribution in [-0.2, 0) is 33.4 Å². The maximum Gasteiger partial charge on any atom is 0.332 e. The second-order valence-corrected chi connectivity index (χ2v) is 10.5. The third-order valence-electron chi connectivity index (χ3n) is 6.47. The Kier molecular flexibility index (Phi) is 8.58. The molecule has 0 aromatic heterocycles. The summed E-state index contributed by atoms with van der Waals surface area (Å²) in [5, 5.41) is 13.1. The summed E-state index contributed by atoms with van der Waals surface area (Å²) in [5.74, 6) is -2.89. The normalized spacial score (nSPS) is 32.9. The first kappa shape index (κ1) is 27.1. The lowest BCUT2D eigenvalue weighted by Gasteiger charge is -2.29. The van der Waals surface area contributed by atoms with Gasteiger partial charge in [0.2, 0.25) is 11.8 Å². The van der Waals surface area contributed by atoms with Crippen molar-refractivity contribution in [1.29, 1.82) is 0 Å². The van der Waals surface area contributed by atoms with Crippen molar-refractivity contribution in [3.8, 4) is 0 Å². The summed E-state index contributed by atoms with van der Waals surface area (Å²) in [6.07, 6.45) is 3.99. The molecule has 0 unspecified atom stereocenters. The number of carbonyl (C=O) groups is 4. The van der Waals surface area contributed by atoms with Crippen LogP contribution in [-0.4, -0.2) is 83.4 Å². The Morgan fingerprint density at radius 2 is 2.06 bits per heavy atom. The van der Waals surface area contributed by atoms with E-state index in [9.17, 15) is 24.3 Å². The predicted octanol–water partition coefficient (Wildman–Crippen LogP) is 1.10. The van der Waals surface area contributed by atoms with Crippen LogP contribution in [0.5, 0.6) is 0 Å². The van der Waals surface area contributed by atoms with Gasteiger partial charge in [-0.25, -0.2) is 4.79 Å². The molecule has 5 atom stereocenters. The van der Waals surface area contributed by atoms with Gasteiger partial charge in [-0.15, -0.1) is 0 Å². The quantitative estimate of drug-likeness (QED) is 0.439. The number of nitrogens with zero attached hydrogens (tertiary/aromatic N) is 1. The van der Waals surface area contributed by atoms with Crippen LogP contribution in [0.3, 0.4) is 0 Å². The highest BCUT2D eigenvalue weighted by Gasteiger charge is 2.62. The summed E-state index contributed by atoms with van der Waals surface area (Å²) >= 11 is 0. The Labute approximate surface area is 206 Å². The summed E-state index contributed by atoms with van der Waals surface area (Å²) in [6, 6.07) is -0.948. The number of hydrogen-bond donors (Lipinski definition) is 2. The summed E-state index contributed by atoms with van der Waals surface area (Å²) in [5.41, 5.74) is -1.88. The molecule has 3 aliphatic rings. The van der Waals surface area contributed by atoms with Crippen LogP contribution in [0.2, 0.25) is 0 Å². The van der Waals surface area contributed by atoms with E-state index in [1.165, 1.54) is 4.90 Å². The van der Waals surface area contributed by atoms with Gasteiger partial charge in [0.25, 0.3) is 0 Å². The van der Waals surface area contributed by atoms with Crippen molar-refractivity contribution in [1.82, 2.24) is 10.2 Å². The zero-order valence-electron chi connectivity index (χ0n) is 21.1. The zero-order valence-corrected chi connectivity index (χ0v) is 21.1. The van der Waals surface area contributed by atoms with E-state index in [0.717, 1.165) is 0 Å². The Morgan fingerprint density at radius 3 is 2.74 bits per heavy atom. The molecule has 2 amide bonds.